The van der Waals surface area contributed by atoms with E-state index in [1.165, 1.54) is 0 Å². The number of carbonyl (C=O) groups excluding carboxylic acids is 1. The van der Waals surface area contributed by atoms with Crippen LogP contribution in [0.5, 0.6) is 0 Å². The van der Waals surface area contributed by atoms with Crippen molar-refractivity contribution in [2.75, 3.05) is 0 Å². The normalized spacial score (nSPS) is 8.91. The molecule has 7 heteroatoms. The van der Waals surface area contributed by atoms with E-state index >= 15 is 0 Å². The predicted molar refractivity (Wildman–Crippen MR) is 28.1 cm³/mol. The van der Waals surface area contributed by atoms with Crippen LogP contribution in [0.4, 0.5) is 0 Å². The Hall–Kier alpha value is 2.17. The van der Waals surface area contributed by atoms with Crippen molar-refractivity contribution in [2.45, 2.75) is 0 Å². The first kappa shape index (κ1) is 18.9. The molecule has 0 aromatic rings. The molecule has 0 bridgehead atoms. The molecule has 0 atom stereocenters. The molecule has 0 radical (unpaired) electrons. The summed E-state index contributed by atoms with van der Waals surface area (Å²) in [6, 6.07) is 0. The van der Waals surface area contributed by atoms with Crippen LogP contribution in [0.3, 0.4) is 0 Å². The van der Waals surface area contributed by atoms with Gasteiger partial charge in [-0.05, 0) is 0 Å². The Morgan fingerprint density at radius 1 is 1.36 bits per heavy atom. The van der Waals surface area contributed by atoms with Crippen molar-refractivity contribution < 1.29 is 123 Å². The van der Waals surface area contributed by atoms with Gasteiger partial charge in [-0.1, -0.05) is 0 Å². The maximum atomic E-state index is 9.82. The second-order valence-electron chi connectivity index (χ2n) is 1.12. The van der Waals surface area contributed by atoms with Crippen LogP contribution < -0.4 is 108 Å². The summed E-state index contributed by atoms with van der Waals surface area (Å²) in [4.78, 5) is 19.6. The molecular weight excluding hydrogens is 222 g/mol. The van der Waals surface area contributed by atoms with Crippen LogP contribution >= 0.6 is 0 Å². The van der Waals surface area contributed by atoms with Gasteiger partial charge in [-0.15, -0.1) is 0 Å². The van der Waals surface area contributed by atoms with Crippen molar-refractivity contribution >= 4 is 24.6 Å². The summed E-state index contributed by atoms with van der Waals surface area (Å²) < 4.78 is 0. The van der Waals surface area contributed by atoms with Gasteiger partial charge in [0.1, 0.15) is 0 Å². The average Bonchev–Trinajstić information content (AvgIpc) is 1.64. The third kappa shape index (κ3) is 8.50. The summed E-state index contributed by atoms with van der Waals surface area (Å²) in [7, 11) is 0. The van der Waals surface area contributed by atoms with Gasteiger partial charge in [-0.2, -0.15) is 5.41 Å². The molecule has 0 aromatic heterocycles. The number of rotatable bonds is 2. The molecule has 4 nitrogen and oxygen atoms in total. The topological polar surface area (TPSA) is 77.4 Å². The fraction of sp³-hybridized carbons (Fsp3) is 0. The number of aliphatic carboxylic acids is 2. The molecule has 0 rings (SSSR count). The molecule has 0 unspecified atom stereocenters. The van der Waals surface area contributed by atoms with Crippen LogP contribution in [-0.4, -0.2) is 17.0 Å². The van der Waals surface area contributed by atoms with Gasteiger partial charge in [0.25, 0.3) is 0 Å². The monoisotopic (exact) mass is 224 g/mol. The van der Waals surface area contributed by atoms with Crippen LogP contribution in [0.1, 0.15) is 0 Å². The Labute approximate surface area is 154 Å². The smallest absolute Gasteiger partial charge is 0.786 e. The standard InChI is InChI=1S/C4H4O4S.2K/c5-3(6)2(1-9)4(7)8;;/h1,9H,(H,5,6)(H,7,8);;/q;2*+1/p-2. The van der Waals surface area contributed by atoms with Gasteiger partial charge in [0.15, 0.2) is 0 Å². The van der Waals surface area contributed by atoms with Crippen LogP contribution in [0.2, 0.25) is 0 Å². The fourth-order valence-corrected chi connectivity index (χ4v) is 0.383. The third-order valence-corrected chi connectivity index (χ3v) is 0.804. The molecule has 0 fully saturated rings. The molecule has 11 heavy (non-hydrogen) atoms. The molecule has 0 aliphatic rings. The van der Waals surface area contributed by atoms with Crippen LogP contribution in [-0.2, 0) is 22.2 Å². The van der Waals surface area contributed by atoms with Gasteiger partial charge in [0, 0.05) is 0 Å². The van der Waals surface area contributed by atoms with E-state index in [9.17, 15) is 14.7 Å². The van der Waals surface area contributed by atoms with Crippen molar-refractivity contribution in [2.24, 2.45) is 0 Å². The Kier molecular flexibility index (Phi) is 17.6. The molecule has 0 spiro atoms. The molecule has 0 aliphatic carbocycles. The maximum Gasteiger partial charge on any atom is 1.00 e. The molecule has 0 amide bonds. The predicted octanol–water partition coefficient (Wildman–Crippen LogP) is -7.74. The zero-order valence-corrected chi connectivity index (χ0v) is 13.2. The van der Waals surface area contributed by atoms with Gasteiger partial charge < -0.3 is 27.6 Å². The van der Waals surface area contributed by atoms with Crippen molar-refractivity contribution in [3.8, 4) is 0 Å². The summed E-state index contributed by atoms with van der Waals surface area (Å²) in [6.07, 6.45) is 0. The number of carbonyl (C=O) groups is 2. The SMILES string of the molecule is O=C([O-])C(=C[S-])C(=O)O.[K+].[K+]. The summed E-state index contributed by atoms with van der Waals surface area (Å²) in [5.41, 5.74) is -0.898. The van der Waals surface area contributed by atoms with E-state index in [1.807, 2.05) is 0 Å². The average molecular weight is 224 g/mol. The van der Waals surface area contributed by atoms with E-state index < -0.39 is 17.5 Å². The minimum absolute atomic E-state index is 0. The van der Waals surface area contributed by atoms with Crippen LogP contribution in [0.25, 0.3) is 0 Å². The molecule has 0 saturated heterocycles. The van der Waals surface area contributed by atoms with E-state index in [0.717, 1.165) is 0 Å². The first-order valence-electron chi connectivity index (χ1n) is 1.86. The first-order chi connectivity index (χ1) is 4.09. The summed E-state index contributed by atoms with van der Waals surface area (Å²) >= 11 is 4.06. The van der Waals surface area contributed by atoms with E-state index in [-0.39, 0.29) is 103 Å². The van der Waals surface area contributed by atoms with E-state index in [1.54, 1.807) is 0 Å². The Bertz CT molecular complexity index is 163. The minimum atomic E-state index is -1.77. The van der Waals surface area contributed by atoms with E-state index in [2.05, 4.69) is 12.6 Å². The quantitative estimate of drug-likeness (QED) is 0.166. The maximum absolute atomic E-state index is 9.82. The van der Waals surface area contributed by atoms with Crippen LogP contribution in [0.15, 0.2) is 11.0 Å². The van der Waals surface area contributed by atoms with Gasteiger partial charge in [-0.3, -0.25) is 0 Å². The Morgan fingerprint density at radius 3 is 1.73 bits per heavy atom. The molecule has 50 valence electrons. The molecule has 0 heterocycles. The summed E-state index contributed by atoms with van der Waals surface area (Å²) in [5.74, 6) is -3.34. The van der Waals surface area contributed by atoms with E-state index in [4.69, 9.17) is 5.11 Å². The molecule has 0 saturated carbocycles. The first-order valence-corrected chi connectivity index (χ1v) is 2.33. The van der Waals surface area contributed by atoms with Crippen LogP contribution in [0, 0.1) is 0 Å². The fourth-order valence-electron chi connectivity index (χ4n) is 0.186. The largest absolute Gasteiger partial charge is 1.00 e. The number of carboxylic acid groups (broad SMARTS) is 2. The zero-order chi connectivity index (χ0) is 7.44. The van der Waals surface area contributed by atoms with Crippen molar-refractivity contribution in [1.82, 2.24) is 0 Å². The van der Waals surface area contributed by atoms with E-state index in [0.29, 0.717) is 5.41 Å². The van der Waals surface area contributed by atoms with Gasteiger partial charge in [0.2, 0.25) is 0 Å². The van der Waals surface area contributed by atoms with Gasteiger partial charge in [0.05, 0.1) is 11.5 Å². The summed E-state index contributed by atoms with van der Waals surface area (Å²) in [6.45, 7) is 0. The molecular formula is C4H2K2O4S. The zero-order valence-electron chi connectivity index (χ0n) is 6.16. The number of hydrogen-bond donors (Lipinski definition) is 1. The Morgan fingerprint density at radius 2 is 1.73 bits per heavy atom. The minimum Gasteiger partial charge on any atom is -0.786 e. The summed E-state index contributed by atoms with van der Waals surface area (Å²) in [5, 5.41) is 18.3. The van der Waals surface area contributed by atoms with Gasteiger partial charge in [-0.25, -0.2) is 4.79 Å². The Balaban J connectivity index is -0.000000320. The molecule has 0 aromatic carbocycles. The second kappa shape index (κ2) is 10.3. The van der Waals surface area contributed by atoms with Crippen molar-refractivity contribution in [1.29, 1.82) is 0 Å². The number of hydrogen-bond acceptors (Lipinski definition) is 4. The van der Waals surface area contributed by atoms with Crippen molar-refractivity contribution in [3.05, 3.63) is 11.0 Å². The third-order valence-electron chi connectivity index (χ3n) is 0.568. The van der Waals surface area contributed by atoms with Gasteiger partial charge >= 0.3 is 109 Å². The second-order valence-corrected chi connectivity index (χ2v) is 1.36. The number of carboxylic acids is 2. The molecule has 1 N–H and O–H groups in total. The van der Waals surface area contributed by atoms with Crippen molar-refractivity contribution in [3.63, 3.8) is 0 Å². The molecule has 0 aliphatic heterocycles.